The third kappa shape index (κ3) is 2.95. The number of hydrogen-bond donors (Lipinski definition) is 0. The molecule has 7 heteroatoms. The van der Waals surface area contributed by atoms with E-state index in [4.69, 9.17) is 21.1 Å². The van der Waals surface area contributed by atoms with Crippen LogP contribution in [-0.2, 0) is 11.3 Å². The number of methoxy groups -OCH3 is 1. The number of fused-ring (bicyclic) bond motifs is 1. The van der Waals surface area contributed by atoms with Crippen LogP contribution in [0.1, 0.15) is 30.3 Å². The van der Waals surface area contributed by atoms with Crippen molar-refractivity contribution in [2.75, 3.05) is 13.7 Å². The molecule has 1 aromatic carbocycles. The van der Waals surface area contributed by atoms with Crippen molar-refractivity contribution in [3.8, 4) is 5.75 Å². The zero-order valence-corrected chi connectivity index (χ0v) is 14.0. The number of ether oxygens (including phenoxy) is 2. The van der Waals surface area contributed by atoms with Gasteiger partial charge in [-0.15, -0.1) is 0 Å². The fraction of sp³-hybridized carbons (Fsp3) is 0.353. The van der Waals surface area contributed by atoms with Gasteiger partial charge in [-0.05, 0) is 30.5 Å². The summed E-state index contributed by atoms with van der Waals surface area (Å²) in [6.07, 6.45) is 3.80. The summed E-state index contributed by atoms with van der Waals surface area (Å²) in [6, 6.07) is 7.88. The molecule has 0 saturated carbocycles. The second kappa shape index (κ2) is 6.37. The summed E-state index contributed by atoms with van der Waals surface area (Å²) in [4.78, 5) is 8.95. The van der Waals surface area contributed by atoms with Crippen LogP contribution < -0.4 is 4.74 Å². The summed E-state index contributed by atoms with van der Waals surface area (Å²) >= 11 is 6.30. The van der Waals surface area contributed by atoms with Crippen molar-refractivity contribution in [1.82, 2.24) is 19.7 Å². The Morgan fingerprint density at radius 1 is 1.29 bits per heavy atom. The Bertz CT molecular complexity index is 857. The smallest absolute Gasteiger partial charge is 0.161 e. The Balaban J connectivity index is 1.63. The number of hydrogen-bond acceptors (Lipinski definition) is 5. The van der Waals surface area contributed by atoms with E-state index in [0.717, 1.165) is 36.3 Å². The molecular weight excluding hydrogens is 328 g/mol. The van der Waals surface area contributed by atoms with Gasteiger partial charge in [-0.3, -0.25) is 4.68 Å². The summed E-state index contributed by atoms with van der Waals surface area (Å²) in [7, 11) is 1.65. The fourth-order valence-electron chi connectivity index (χ4n) is 2.87. The molecule has 0 radical (unpaired) electrons. The van der Waals surface area contributed by atoms with Gasteiger partial charge < -0.3 is 9.47 Å². The van der Waals surface area contributed by atoms with Crippen LogP contribution in [0.15, 0.2) is 30.5 Å². The second-order valence-corrected chi connectivity index (χ2v) is 6.14. The maximum absolute atomic E-state index is 6.30. The van der Waals surface area contributed by atoms with Crippen LogP contribution >= 0.6 is 11.6 Å². The maximum atomic E-state index is 6.30. The maximum Gasteiger partial charge on any atom is 0.161 e. The minimum Gasteiger partial charge on any atom is -0.497 e. The van der Waals surface area contributed by atoms with Crippen molar-refractivity contribution in [3.05, 3.63) is 47.0 Å². The highest BCUT2D eigenvalue weighted by Gasteiger charge is 2.22. The van der Waals surface area contributed by atoms with Crippen molar-refractivity contribution in [1.29, 1.82) is 0 Å². The summed E-state index contributed by atoms with van der Waals surface area (Å²) in [5, 5.41) is 4.88. The molecule has 1 saturated heterocycles. The first-order valence-electron chi connectivity index (χ1n) is 7.88. The zero-order chi connectivity index (χ0) is 16.5. The number of halogens is 1. The van der Waals surface area contributed by atoms with Crippen LogP contribution in [0.3, 0.4) is 0 Å². The Hall–Kier alpha value is -2.18. The molecule has 1 aliphatic heterocycles. The first kappa shape index (κ1) is 15.4. The third-order valence-electron chi connectivity index (χ3n) is 4.11. The van der Waals surface area contributed by atoms with E-state index in [-0.39, 0.29) is 6.10 Å². The van der Waals surface area contributed by atoms with E-state index >= 15 is 0 Å². The fourth-order valence-corrected chi connectivity index (χ4v) is 3.09. The van der Waals surface area contributed by atoms with Crippen LogP contribution in [0, 0.1) is 0 Å². The lowest BCUT2D eigenvalue weighted by Crippen LogP contribution is -2.03. The summed E-state index contributed by atoms with van der Waals surface area (Å²) in [5.41, 5.74) is 2.48. The van der Waals surface area contributed by atoms with Crippen LogP contribution in [0.25, 0.3) is 11.0 Å². The van der Waals surface area contributed by atoms with Crippen LogP contribution in [0.2, 0.25) is 5.15 Å². The minimum absolute atomic E-state index is 0.0585. The Morgan fingerprint density at radius 2 is 2.12 bits per heavy atom. The number of aromatic nitrogens is 4. The normalized spacial score (nSPS) is 17.5. The van der Waals surface area contributed by atoms with Crippen LogP contribution in [0.4, 0.5) is 0 Å². The van der Waals surface area contributed by atoms with E-state index in [2.05, 4.69) is 15.1 Å². The van der Waals surface area contributed by atoms with Crippen molar-refractivity contribution in [3.63, 3.8) is 0 Å². The van der Waals surface area contributed by atoms with Gasteiger partial charge in [-0.25, -0.2) is 9.97 Å². The highest BCUT2D eigenvalue weighted by atomic mass is 35.5. The zero-order valence-electron chi connectivity index (χ0n) is 13.3. The molecule has 124 valence electrons. The Kier molecular flexibility index (Phi) is 4.08. The van der Waals surface area contributed by atoms with Crippen LogP contribution in [-0.4, -0.2) is 33.5 Å². The quantitative estimate of drug-likeness (QED) is 0.679. The number of nitrogens with zero attached hydrogens (tertiary/aromatic N) is 4. The molecule has 1 aliphatic rings. The van der Waals surface area contributed by atoms with E-state index < -0.39 is 0 Å². The summed E-state index contributed by atoms with van der Waals surface area (Å²) in [6.45, 7) is 1.38. The molecule has 6 nitrogen and oxygen atoms in total. The first-order chi connectivity index (χ1) is 11.7. The molecule has 0 N–H and O–H groups in total. The average molecular weight is 345 g/mol. The van der Waals surface area contributed by atoms with Crippen molar-refractivity contribution in [2.45, 2.75) is 25.5 Å². The molecular formula is C17H17ClN4O2. The number of benzene rings is 1. The third-order valence-corrected chi connectivity index (χ3v) is 4.37. The average Bonchev–Trinajstić information content (AvgIpc) is 3.25. The van der Waals surface area contributed by atoms with E-state index in [9.17, 15) is 0 Å². The highest BCUT2D eigenvalue weighted by molar-refractivity contribution is 6.33. The highest BCUT2D eigenvalue weighted by Crippen LogP contribution is 2.29. The van der Waals surface area contributed by atoms with E-state index in [1.807, 2.05) is 35.1 Å². The van der Waals surface area contributed by atoms with Gasteiger partial charge in [-0.2, -0.15) is 5.10 Å². The topological polar surface area (TPSA) is 62.1 Å². The van der Waals surface area contributed by atoms with Gasteiger partial charge in [0.05, 0.1) is 19.9 Å². The van der Waals surface area contributed by atoms with Crippen molar-refractivity contribution >= 4 is 22.6 Å². The van der Waals surface area contributed by atoms with Gasteiger partial charge >= 0.3 is 0 Å². The van der Waals surface area contributed by atoms with Crippen LogP contribution in [0.5, 0.6) is 5.75 Å². The Labute approximate surface area is 144 Å². The molecule has 2 aromatic heterocycles. The molecule has 3 aromatic rings. The van der Waals surface area contributed by atoms with Crippen molar-refractivity contribution in [2.24, 2.45) is 0 Å². The number of rotatable bonds is 4. The van der Waals surface area contributed by atoms with E-state index in [1.165, 1.54) is 0 Å². The minimum atomic E-state index is -0.0585. The van der Waals surface area contributed by atoms with E-state index in [0.29, 0.717) is 23.0 Å². The predicted octanol–water partition coefficient (Wildman–Crippen LogP) is 3.39. The second-order valence-electron chi connectivity index (χ2n) is 5.78. The standard InChI is InChI=1S/C17H17ClN4O2/c1-23-12-6-4-11(5-7-12)9-22-10-13-15(21-22)16(18)20-17(19-13)14-3-2-8-24-14/h4-7,10,14H,2-3,8-9H2,1H3. The first-order valence-corrected chi connectivity index (χ1v) is 8.26. The molecule has 4 rings (SSSR count). The van der Waals surface area contributed by atoms with Gasteiger partial charge in [-0.1, -0.05) is 23.7 Å². The molecule has 1 atom stereocenters. The van der Waals surface area contributed by atoms with E-state index in [1.54, 1.807) is 7.11 Å². The molecule has 24 heavy (non-hydrogen) atoms. The van der Waals surface area contributed by atoms with Crippen molar-refractivity contribution < 1.29 is 9.47 Å². The monoisotopic (exact) mass is 344 g/mol. The molecule has 0 spiro atoms. The lowest BCUT2D eigenvalue weighted by molar-refractivity contribution is 0.105. The van der Waals surface area contributed by atoms with Gasteiger partial charge in [0.25, 0.3) is 0 Å². The summed E-state index contributed by atoms with van der Waals surface area (Å²) < 4.78 is 12.6. The largest absolute Gasteiger partial charge is 0.497 e. The molecule has 0 aliphatic carbocycles. The lowest BCUT2D eigenvalue weighted by Gasteiger charge is -2.07. The molecule has 1 fully saturated rings. The molecule has 0 bridgehead atoms. The van der Waals surface area contributed by atoms with Gasteiger partial charge in [0, 0.05) is 6.61 Å². The van der Waals surface area contributed by atoms with Gasteiger partial charge in [0.2, 0.25) is 0 Å². The molecule has 1 unspecified atom stereocenters. The lowest BCUT2D eigenvalue weighted by atomic mass is 10.2. The predicted molar refractivity (Wildman–Crippen MR) is 90.4 cm³/mol. The molecule has 0 amide bonds. The Morgan fingerprint density at radius 3 is 2.83 bits per heavy atom. The SMILES string of the molecule is COc1ccc(Cn2cc3nc(C4CCCO4)nc(Cl)c3n2)cc1. The summed E-state index contributed by atoms with van der Waals surface area (Å²) in [5.74, 6) is 1.48. The van der Waals surface area contributed by atoms with Gasteiger partial charge in [0.1, 0.15) is 22.9 Å². The molecule has 3 heterocycles. The van der Waals surface area contributed by atoms with Gasteiger partial charge in [0.15, 0.2) is 11.0 Å².